The summed E-state index contributed by atoms with van der Waals surface area (Å²) in [5.74, 6) is 0.248. The Morgan fingerprint density at radius 1 is 1.43 bits per heavy atom. The summed E-state index contributed by atoms with van der Waals surface area (Å²) >= 11 is 4.60. The van der Waals surface area contributed by atoms with Crippen LogP contribution in [0.15, 0.2) is 52.5 Å². The van der Waals surface area contributed by atoms with Crippen LogP contribution in [0.5, 0.6) is 5.75 Å². The fourth-order valence-corrected chi connectivity index (χ4v) is 1.61. The zero-order valence-corrected chi connectivity index (χ0v) is 11.9. The summed E-state index contributed by atoms with van der Waals surface area (Å²) in [6, 6.07) is 11.0. The Kier molecular flexibility index (Phi) is 5.05. The predicted octanol–water partition coefficient (Wildman–Crippen LogP) is 1.12. The van der Waals surface area contributed by atoms with Gasteiger partial charge in [0.1, 0.15) is 6.61 Å². The first-order chi connectivity index (χ1) is 10.1. The van der Waals surface area contributed by atoms with Crippen LogP contribution < -0.4 is 21.3 Å². The van der Waals surface area contributed by atoms with E-state index >= 15 is 0 Å². The number of benzene rings is 1. The van der Waals surface area contributed by atoms with Gasteiger partial charge in [0.05, 0.1) is 11.9 Å². The van der Waals surface area contributed by atoms with Crippen molar-refractivity contribution >= 4 is 23.5 Å². The number of hydrazone groups is 1. The Hall–Kier alpha value is -2.67. The molecule has 0 saturated carbocycles. The van der Waals surface area contributed by atoms with E-state index < -0.39 is 0 Å². The smallest absolute Gasteiger partial charge is 0.224 e. The van der Waals surface area contributed by atoms with Gasteiger partial charge in [-0.1, -0.05) is 30.3 Å². The molecular formula is C14H14N4O2S. The number of nitrogens with one attached hydrogen (secondary N) is 2. The minimum Gasteiger partial charge on any atom is -0.483 e. The van der Waals surface area contributed by atoms with Crippen molar-refractivity contribution < 1.29 is 4.74 Å². The lowest BCUT2D eigenvalue weighted by Crippen LogP contribution is -2.24. The topological polar surface area (TPSA) is 92.5 Å². The molecule has 0 amide bonds. The normalized spacial score (nSPS) is 10.5. The lowest BCUT2D eigenvalue weighted by molar-refractivity contribution is 0.302. The van der Waals surface area contributed by atoms with Gasteiger partial charge in [-0.25, -0.2) is 0 Å². The molecule has 0 spiro atoms. The maximum absolute atomic E-state index is 11.9. The van der Waals surface area contributed by atoms with Crippen molar-refractivity contribution in [2.75, 3.05) is 0 Å². The lowest BCUT2D eigenvalue weighted by Gasteiger charge is -2.05. The summed E-state index contributed by atoms with van der Waals surface area (Å²) in [6.45, 7) is 0.334. The van der Waals surface area contributed by atoms with Gasteiger partial charge in [0.2, 0.25) is 5.43 Å². The number of rotatable bonds is 5. The predicted molar refractivity (Wildman–Crippen MR) is 85.4 cm³/mol. The first-order valence-electron chi connectivity index (χ1n) is 6.13. The van der Waals surface area contributed by atoms with Gasteiger partial charge in [0, 0.05) is 12.3 Å². The van der Waals surface area contributed by atoms with Crippen molar-refractivity contribution in [1.82, 2.24) is 10.4 Å². The number of pyridine rings is 1. The average Bonchev–Trinajstić information content (AvgIpc) is 2.47. The summed E-state index contributed by atoms with van der Waals surface area (Å²) in [7, 11) is 0. The molecule has 0 bridgehead atoms. The Morgan fingerprint density at radius 3 is 2.86 bits per heavy atom. The fraction of sp³-hybridized carbons (Fsp3) is 0.0714. The molecule has 108 valence electrons. The van der Waals surface area contributed by atoms with E-state index in [-0.39, 0.29) is 16.3 Å². The molecule has 7 heteroatoms. The van der Waals surface area contributed by atoms with E-state index in [0.29, 0.717) is 12.3 Å². The molecule has 2 rings (SSSR count). The van der Waals surface area contributed by atoms with Gasteiger partial charge in [-0.3, -0.25) is 10.2 Å². The number of aromatic nitrogens is 1. The SMILES string of the molecule is NC(=S)N/N=C/c1cc(=O)c(OCc2ccccc2)c[nH]1. The van der Waals surface area contributed by atoms with Gasteiger partial charge in [0.15, 0.2) is 10.9 Å². The number of nitrogens with zero attached hydrogens (tertiary/aromatic N) is 1. The second kappa shape index (κ2) is 7.20. The molecule has 0 aliphatic carbocycles. The van der Waals surface area contributed by atoms with Crippen LogP contribution in [-0.4, -0.2) is 16.3 Å². The van der Waals surface area contributed by atoms with Crippen molar-refractivity contribution in [2.45, 2.75) is 6.61 Å². The van der Waals surface area contributed by atoms with E-state index in [1.54, 1.807) is 0 Å². The fourth-order valence-electron chi connectivity index (χ4n) is 1.56. The maximum atomic E-state index is 11.9. The van der Waals surface area contributed by atoms with Crippen LogP contribution >= 0.6 is 12.2 Å². The third kappa shape index (κ3) is 4.73. The lowest BCUT2D eigenvalue weighted by atomic mass is 10.2. The maximum Gasteiger partial charge on any atom is 0.224 e. The first-order valence-corrected chi connectivity index (χ1v) is 6.54. The van der Waals surface area contributed by atoms with Crippen molar-refractivity contribution in [3.8, 4) is 5.75 Å². The number of hydrogen-bond acceptors (Lipinski definition) is 4. The highest BCUT2D eigenvalue weighted by Crippen LogP contribution is 2.06. The highest BCUT2D eigenvalue weighted by molar-refractivity contribution is 7.80. The molecule has 1 heterocycles. The van der Waals surface area contributed by atoms with Crippen LogP contribution in [-0.2, 0) is 6.61 Å². The summed E-state index contributed by atoms with van der Waals surface area (Å²) in [4.78, 5) is 14.8. The molecule has 1 aromatic heterocycles. The third-order valence-corrected chi connectivity index (χ3v) is 2.61. The monoisotopic (exact) mass is 302 g/mol. The van der Waals surface area contributed by atoms with Gasteiger partial charge in [0.25, 0.3) is 0 Å². The molecule has 0 unspecified atom stereocenters. The van der Waals surface area contributed by atoms with Gasteiger partial charge in [-0.05, 0) is 17.8 Å². The van der Waals surface area contributed by atoms with Crippen LogP contribution in [0, 0.1) is 0 Å². The van der Waals surface area contributed by atoms with E-state index in [1.165, 1.54) is 18.5 Å². The van der Waals surface area contributed by atoms with E-state index in [9.17, 15) is 4.79 Å². The summed E-state index contributed by atoms with van der Waals surface area (Å²) < 4.78 is 5.48. The average molecular weight is 302 g/mol. The van der Waals surface area contributed by atoms with Gasteiger partial charge in [-0.2, -0.15) is 5.10 Å². The molecule has 4 N–H and O–H groups in total. The van der Waals surface area contributed by atoms with E-state index in [1.807, 2.05) is 30.3 Å². The molecule has 6 nitrogen and oxygen atoms in total. The number of aromatic amines is 1. The Morgan fingerprint density at radius 2 is 2.19 bits per heavy atom. The van der Waals surface area contributed by atoms with Crippen molar-refractivity contribution in [2.24, 2.45) is 10.8 Å². The summed E-state index contributed by atoms with van der Waals surface area (Å²) in [5, 5.41) is 3.81. The molecule has 0 aliphatic heterocycles. The number of ether oxygens (including phenoxy) is 1. The van der Waals surface area contributed by atoms with E-state index in [4.69, 9.17) is 10.5 Å². The van der Waals surface area contributed by atoms with Crippen LogP contribution in [0.4, 0.5) is 0 Å². The van der Waals surface area contributed by atoms with Crippen molar-refractivity contribution in [1.29, 1.82) is 0 Å². The Balaban J connectivity index is 2.01. The number of nitrogens with two attached hydrogens (primary N) is 1. The highest BCUT2D eigenvalue weighted by Gasteiger charge is 2.02. The van der Waals surface area contributed by atoms with Crippen LogP contribution in [0.1, 0.15) is 11.3 Å². The summed E-state index contributed by atoms with van der Waals surface area (Å²) in [6.07, 6.45) is 2.90. The zero-order valence-electron chi connectivity index (χ0n) is 11.1. The van der Waals surface area contributed by atoms with E-state index in [0.717, 1.165) is 5.56 Å². The number of hydrogen-bond donors (Lipinski definition) is 3. The Bertz CT molecular complexity index is 698. The second-order valence-corrected chi connectivity index (χ2v) is 4.57. The molecule has 1 aromatic carbocycles. The zero-order chi connectivity index (χ0) is 15.1. The molecule has 21 heavy (non-hydrogen) atoms. The minimum atomic E-state index is -0.235. The minimum absolute atomic E-state index is 0.0522. The van der Waals surface area contributed by atoms with Crippen LogP contribution in [0.2, 0.25) is 0 Å². The van der Waals surface area contributed by atoms with E-state index in [2.05, 4.69) is 27.7 Å². The Labute approximate surface area is 126 Å². The van der Waals surface area contributed by atoms with Gasteiger partial charge in [-0.15, -0.1) is 0 Å². The molecule has 0 saturated heterocycles. The quantitative estimate of drug-likeness (QED) is 0.437. The third-order valence-electron chi connectivity index (χ3n) is 2.51. The van der Waals surface area contributed by atoms with Gasteiger partial charge >= 0.3 is 0 Å². The van der Waals surface area contributed by atoms with Crippen LogP contribution in [0.25, 0.3) is 0 Å². The molecule has 2 aromatic rings. The highest BCUT2D eigenvalue weighted by atomic mass is 32.1. The molecular weight excluding hydrogens is 288 g/mol. The van der Waals surface area contributed by atoms with Crippen molar-refractivity contribution in [3.05, 3.63) is 64.1 Å². The molecule has 0 aliphatic rings. The first kappa shape index (κ1) is 14.7. The summed E-state index contributed by atoms with van der Waals surface area (Å²) in [5.41, 5.74) is 8.88. The molecule has 0 atom stereocenters. The molecule has 0 fully saturated rings. The second-order valence-electron chi connectivity index (χ2n) is 4.13. The number of thiocarbonyl (C=S) groups is 1. The molecule has 0 radical (unpaired) electrons. The standard InChI is InChI=1S/C14H14N4O2S/c15-14(21)18-17-7-11-6-12(19)13(8-16-11)20-9-10-4-2-1-3-5-10/h1-8H,9H2,(H,16,19)(H3,15,18,21)/b17-7+. The van der Waals surface area contributed by atoms with Crippen molar-refractivity contribution in [3.63, 3.8) is 0 Å². The van der Waals surface area contributed by atoms with Gasteiger partial charge < -0.3 is 15.5 Å². The largest absolute Gasteiger partial charge is 0.483 e. The van der Waals surface area contributed by atoms with Crippen LogP contribution in [0.3, 0.4) is 0 Å². The number of H-pyrrole nitrogens is 1.